The van der Waals surface area contributed by atoms with Crippen LogP contribution >= 0.6 is 0 Å². The average molecular weight is 261 g/mol. The molecule has 102 valence electrons. The third kappa shape index (κ3) is 2.26. The first-order valence-corrected chi connectivity index (χ1v) is 7.43. The van der Waals surface area contributed by atoms with E-state index in [1.165, 1.54) is 12.8 Å². The van der Waals surface area contributed by atoms with E-state index >= 15 is 0 Å². The van der Waals surface area contributed by atoms with Crippen LogP contribution < -0.4 is 0 Å². The highest BCUT2D eigenvalue weighted by molar-refractivity contribution is 5.81. The van der Waals surface area contributed by atoms with Crippen LogP contribution in [-0.2, 0) is 4.79 Å². The highest BCUT2D eigenvalue weighted by Gasteiger charge is 2.36. The summed E-state index contributed by atoms with van der Waals surface area (Å²) in [6.07, 6.45) is 6.49. The Hall–Kier alpha value is -1.39. The summed E-state index contributed by atoms with van der Waals surface area (Å²) in [4.78, 5) is 14.0. The summed E-state index contributed by atoms with van der Waals surface area (Å²) in [5.74, 6) is 3.19. The second-order valence-corrected chi connectivity index (χ2v) is 6.13. The van der Waals surface area contributed by atoms with Crippen LogP contribution in [0.1, 0.15) is 62.1 Å². The number of piperidine rings is 1. The number of hydrogen-bond acceptors (Lipinski definition) is 4. The minimum atomic E-state index is 0.335. The number of rotatable bonds is 3. The number of hydrogen-bond donors (Lipinski definition) is 0. The van der Waals surface area contributed by atoms with Gasteiger partial charge in [0.2, 0.25) is 17.7 Å². The minimum Gasteiger partial charge on any atom is -0.425 e. The molecule has 1 aromatic heterocycles. The lowest BCUT2D eigenvalue weighted by molar-refractivity contribution is -0.133. The molecule has 0 bridgehead atoms. The van der Waals surface area contributed by atoms with Crippen molar-refractivity contribution in [2.24, 2.45) is 5.92 Å². The largest absolute Gasteiger partial charge is 0.425 e. The lowest BCUT2D eigenvalue weighted by atomic mass is 9.96. The van der Waals surface area contributed by atoms with Crippen molar-refractivity contribution in [1.29, 1.82) is 0 Å². The number of aromatic nitrogens is 2. The fraction of sp³-hybridized carbons (Fsp3) is 0.786. The molecular weight excluding hydrogens is 242 g/mol. The summed E-state index contributed by atoms with van der Waals surface area (Å²) in [6, 6.07) is 0. The zero-order valence-electron chi connectivity index (χ0n) is 11.0. The molecule has 0 radical (unpaired) electrons. The van der Waals surface area contributed by atoms with E-state index in [1.54, 1.807) is 0 Å². The van der Waals surface area contributed by atoms with Crippen molar-refractivity contribution in [2.75, 3.05) is 13.1 Å². The Balaban J connectivity index is 1.37. The molecule has 0 unspecified atom stereocenters. The predicted octanol–water partition coefficient (Wildman–Crippen LogP) is 2.06. The molecule has 1 saturated heterocycles. The van der Waals surface area contributed by atoms with Crippen molar-refractivity contribution in [3.05, 3.63) is 11.8 Å². The molecule has 5 heteroatoms. The summed E-state index contributed by atoms with van der Waals surface area (Å²) in [5.41, 5.74) is 0. The monoisotopic (exact) mass is 261 g/mol. The van der Waals surface area contributed by atoms with Gasteiger partial charge in [-0.05, 0) is 38.5 Å². The zero-order chi connectivity index (χ0) is 12.8. The second kappa shape index (κ2) is 4.32. The standard InChI is InChI=1S/C14H19N3O2/c18-14(11-3-4-11)17-7-5-10(6-8-17)13-16-15-12(19-13)9-1-2-9/h9-11H,1-8H2. The van der Waals surface area contributed by atoms with Crippen LogP contribution in [0.25, 0.3) is 0 Å². The quantitative estimate of drug-likeness (QED) is 0.835. The van der Waals surface area contributed by atoms with E-state index in [0.717, 1.165) is 50.6 Å². The fourth-order valence-corrected chi connectivity index (χ4v) is 2.84. The van der Waals surface area contributed by atoms with Gasteiger partial charge >= 0.3 is 0 Å². The first-order valence-electron chi connectivity index (χ1n) is 7.43. The summed E-state index contributed by atoms with van der Waals surface area (Å²) in [6.45, 7) is 1.70. The number of likely N-dealkylation sites (tertiary alicyclic amines) is 1. The van der Waals surface area contributed by atoms with Crippen LogP contribution in [0.4, 0.5) is 0 Å². The fourth-order valence-electron chi connectivity index (χ4n) is 2.84. The Kier molecular flexibility index (Phi) is 2.60. The Labute approximate surface area is 112 Å². The summed E-state index contributed by atoms with van der Waals surface area (Å²) < 4.78 is 5.78. The molecule has 3 fully saturated rings. The van der Waals surface area contributed by atoms with Gasteiger partial charge in [-0.15, -0.1) is 10.2 Å². The lowest BCUT2D eigenvalue weighted by Gasteiger charge is -2.30. The van der Waals surface area contributed by atoms with E-state index < -0.39 is 0 Å². The normalized spacial score (nSPS) is 24.7. The predicted molar refractivity (Wildman–Crippen MR) is 67.6 cm³/mol. The van der Waals surface area contributed by atoms with Crippen LogP contribution in [0.5, 0.6) is 0 Å². The SMILES string of the molecule is O=C(C1CC1)N1CCC(c2nnc(C3CC3)o2)CC1. The molecule has 2 saturated carbocycles. The van der Waals surface area contributed by atoms with Gasteiger partial charge in [0.25, 0.3) is 0 Å². The number of carbonyl (C=O) groups is 1. The Morgan fingerprint density at radius 3 is 2.05 bits per heavy atom. The van der Waals surface area contributed by atoms with Gasteiger partial charge < -0.3 is 9.32 Å². The molecule has 0 spiro atoms. The molecule has 2 heterocycles. The molecule has 1 aliphatic heterocycles. The Morgan fingerprint density at radius 1 is 0.947 bits per heavy atom. The van der Waals surface area contributed by atoms with Crippen molar-refractivity contribution in [2.45, 2.75) is 50.4 Å². The van der Waals surface area contributed by atoms with E-state index in [4.69, 9.17) is 4.42 Å². The molecule has 19 heavy (non-hydrogen) atoms. The van der Waals surface area contributed by atoms with Crippen molar-refractivity contribution in [3.63, 3.8) is 0 Å². The first-order chi connectivity index (χ1) is 9.31. The average Bonchev–Trinajstić information content (AvgIpc) is 3.37. The number of carbonyl (C=O) groups excluding carboxylic acids is 1. The topological polar surface area (TPSA) is 59.2 Å². The minimum absolute atomic E-state index is 0.335. The van der Waals surface area contributed by atoms with Crippen LogP contribution in [-0.4, -0.2) is 34.1 Å². The summed E-state index contributed by atoms with van der Waals surface area (Å²) in [5, 5.41) is 8.35. The number of amides is 1. The smallest absolute Gasteiger partial charge is 0.225 e. The van der Waals surface area contributed by atoms with Crippen molar-refractivity contribution < 1.29 is 9.21 Å². The summed E-state index contributed by atoms with van der Waals surface area (Å²) in [7, 11) is 0. The molecular formula is C14H19N3O2. The third-order valence-corrected chi connectivity index (χ3v) is 4.47. The van der Waals surface area contributed by atoms with Gasteiger partial charge in [-0.25, -0.2) is 0 Å². The maximum atomic E-state index is 12.0. The van der Waals surface area contributed by atoms with Gasteiger partial charge in [0.15, 0.2) is 0 Å². The summed E-state index contributed by atoms with van der Waals surface area (Å²) >= 11 is 0. The number of nitrogens with zero attached hydrogens (tertiary/aromatic N) is 3. The van der Waals surface area contributed by atoms with E-state index in [-0.39, 0.29) is 0 Å². The Morgan fingerprint density at radius 2 is 1.53 bits per heavy atom. The second-order valence-electron chi connectivity index (χ2n) is 6.13. The van der Waals surface area contributed by atoms with Crippen LogP contribution in [0.15, 0.2) is 4.42 Å². The van der Waals surface area contributed by atoms with E-state index in [2.05, 4.69) is 10.2 Å². The van der Waals surface area contributed by atoms with Gasteiger partial charge in [-0.3, -0.25) is 4.79 Å². The van der Waals surface area contributed by atoms with Gasteiger partial charge in [-0.2, -0.15) is 0 Å². The highest BCUT2D eigenvalue weighted by atomic mass is 16.4. The highest BCUT2D eigenvalue weighted by Crippen LogP contribution is 2.40. The molecule has 1 amide bonds. The third-order valence-electron chi connectivity index (χ3n) is 4.47. The van der Waals surface area contributed by atoms with E-state index in [0.29, 0.717) is 23.7 Å². The molecule has 0 atom stereocenters. The van der Waals surface area contributed by atoms with Gasteiger partial charge in [0.05, 0.1) is 0 Å². The lowest BCUT2D eigenvalue weighted by Crippen LogP contribution is -2.38. The van der Waals surface area contributed by atoms with Crippen LogP contribution in [0, 0.1) is 5.92 Å². The first kappa shape index (κ1) is 11.4. The van der Waals surface area contributed by atoms with Crippen LogP contribution in [0.3, 0.4) is 0 Å². The van der Waals surface area contributed by atoms with Gasteiger partial charge in [0, 0.05) is 30.8 Å². The molecule has 0 N–H and O–H groups in total. The van der Waals surface area contributed by atoms with Crippen molar-refractivity contribution >= 4 is 5.91 Å². The molecule has 3 aliphatic rings. The van der Waals surface area contributed by atoms with E-state index in [1.807, 2.05) is 4.90 Å². The molecule has 1 aromatic rings. The molecule has 4 rings (SSSR count). The molecule has 2 aliphatic carbocycles. The van der Waals surface area contributed by atoms with Gasteiger partial charge in [0.1, 0.15) is 0 Å². The Bertz CT molecular complexity index is 483. The molecule has 5 nitrogen and oxygen atoms in total. The van der Waals surface area contributed by atoms with E-state index in [9.17, 15) is 4.79 Å². The molecule has 0 aromatic carbocycles. The van der Waals surface area contributed by atoms with Crippen molar-refractivity contribution in [3.8, 4) is 0 Å². The zero-order valence-corrected chi connectivity index (χ0v) is 11.0. The van der Waals surface area contributed by atoms with Crippen molar-refractivity contribution in [1.82, 2.24) is 15.1 Å². The maximum absolute atomic E-state index is 12.0. The van der Waals surface area contributed by atoms with Crippen LogP contribution in [0.2, 0.25) is 0 Å². The van der Waals surface area contributed by atoms with Gasteiger partial charge in [-0.1, -0.05) is 0 Å². The maximum Gasteiger partial charge on any atom is 0.225 e.